The van der Waals surface area contributed by atoms with E-state index in [4.69, 9.17) is 14.2 Å². The van der Waals surface area contributed by atoms with Gasteiger partial charge in [0.15, 0.2) is 6.10 Å². The third kappa shape index (κ3) is 57.4. The third-order valence-corrected chi connectivity index (χ3v) is 12.9. The summed E-state index contributed by atoms with van der Waals surface area (Å²) in [6.45, 7) is 6.49. The number of hydrogen-bond acceptors (Lipinski definition) is 6. The maximum atomic E-state index is 12.8. The normalized spacial score (nSPS) is 12.7. The molecule has 0 aromatic rings. The molecular formula is C65H112O6. The van der Waals surface area contributed by atoms with Crippen LogP contribution in [0.4, 0.5) is 0 Å². The molecule has 0 fully saturated rings. The van der Waals surface area contributed by atoms with Crippen molar-refractivity contribution in [2.45, 2.75) is 297 Å². The van der Waals surface area contributed by atoms with Gasteiger partial charge in [0, 0.05) is 19.3 Å². The molecule has 0 aliphatic carbocycles. The molecule has 1 atom stereocenters. The molecule has 0 amide bonds. The highest BCUT2D eigenvalue weighted by molar-refractivity contribution is 5.71. The smallest absolute Gasteiger partial charge is 0.306 e. The molecule has 0 aromatic carbocycles. The molecule has 0 heterocycles. The SMILES string of the molecule is CC/C=C\C/C=C\C/C=C\C/C=C\C/C=C\CCCCCCCCCCCC(=O)OCC(COC(=O)CCCCCCCCCCCCCCCC)OC(=O)CCCCCCC/C=C\C/C=C\CCCC. The largest absolute Gasteiger partial charge is 0.462 e. The van der Waals surface area contributed by atoms with E-state index in [9.17, 15) is 14.4 Å². The molecule has 0 bridgehead atoms. The van der Waals surface area contributed by atoms with Gasteiger partial charge in [0.25, 0.3) is 0 Å². The molecule has 0 saturated heterocycles. The summed E-state index contributed by atoms with van der Waals surface area (Å²) in [5, 5.41) is 0. The van der Waals surface area contributed by atoms with Crippen molar-refractivity contribution in [1.29, 1.82) is 0 Å². The topological polar surface area (TPSA) is 78.9 Å². The lowest BCUT2D eigenvalue weighted by atomic mass is 10.0. The maximum absolute atomic E-state index is 12.8. The molecular weight excluding hydrogens is 877 g/mol. The van der Waals surface area contributed by atoms with E-state index < -0.39 is 6.10 Å². The zero-order valence-electron chi connectivity index (χ0n) is 46.7. The van der Waals surface area contributed by atoms with Crippen LogP contribution in [0.5, 0.6) is 0 Å². The number of ether oxygens (including phenoxy) is 3. The second-order valence-corrected chi connectivity index (χ2v) is 19.9. The maximum Gasteiger partial charge on any atom is 0.306 e. The van der Waals surface area contributed by atoms with Gasteiger partial charge < -0.3 is 14.2 Å². The van der Waals surface area contributed by atoms with Crippen molar-refractivity contribution in [2.24, 2.45) is 0 Å². The zero-order valence-corrected chi connectivity index (χ0v) is 46.7. The fourth-order valence-electron chi connectivity index (χ4n) is 8.37. The van der Waals surface area contributed by atoms with Crippen LogP contribution >= 0.6 is 0 Å². The Balaban J connectivity index is 4.32. The molecule has 6 heteroatoms. The minimum Gasteiger partial charge on any atom is -0.462 e. The van der Waals surface area contributed by atoms with Gasteiger partial charge in [-0.15, -0.1) is 0 Å². The van der Waals surface area contributed by atoms with Crippen molar-refractivity contribution < 1.29 is 28.6 Å². The first-order valence-corrected chi connectivity index (χ1v) is 30.1. The summed E-state index contributed by atoms with van der Waals surface area (Å²) in [7, 11) is 0. The van der Waals surface area contributed by atoms with Crippen LogP contribution in [0.2, 0.25) is 0 Å². The van der Waals surface area contributed by atoms with Gasteiger partial charge >= 0.3 is 17.9 Å². The molecule has 0 aliphatic rings. The number of rotatable bonds is 54. The van der Waals surface area contributed by atoms with Crippen LogP contribution in [0.15, 0.2) is 85.1 Å². The first-order valence-electron chi connectivity index (χ1n) is 30.1. The lowest BCUT2D eigenvalue weighted by Gasteiger charge is -2.18. The van der Waals surface area contributed by atoms with Crippen molar-refractivity contribution in [2.75, 3.05) is 13.2 Å². The van der Waals surface area contributed by atoms with Crippen molar-refractivity contribution >= 4 is 17.9 Å². The van der Waals surface area contributed by atoms with E-state index >= 15 is 0 Å². The number of hydrogen-bond donors (Lipinski definition) is 0. The second kappa shape index (κ2) is 59.2. The van der Waals surface area contributed by atoms with Crippen LogP contribution in [-0.4, -0.2) is 37.2 Å². The lowest BCUT2D eigenvalue weighted by molar-refractivity contribution is -0.167. The summed E-state index contributed by atoms with van der Waals surface area (Å²) in [5.41, 5.74) is 0. The number of carbonyl (C=O) groups excluding carboxylic acids is 3. The van der Waals surface area contributed by atoms with Crippen LogP contribution in [0.3, 0.4) is 0 Å². The molecule has 0 aliphatic heterocycles. The Morgan fingerprint density at radius 3 is 0.901 bits per heavy atom. The lowest BCUT2D eigenvalue weighted by Crippen LogP contribution is -2.30. The van der Waals surface area contributed by atoms with Gasteiger partial charge in [-0.3, -0.25) is 14.4 Å². The molecule has 71 heavy (non-hydrogen) atoms. The van der Waals surface area contributed by atoms with E-state index in [1.165, 1.54) is 128 Å². The predicted octanol–water partition coefficient (Wildman–Crippen LogP) is 20.3. The van der Waals surface area contributed by atoms with Crippen LogP contribution in [-0.2, 0) is 28.6 Å². The minimum atomic E-state index is -0.785. The Labute approximate surface area is 439 Å². The van der Waals surface area contributed by atoms with Gasteiger partial charge in [-0.25, -0.2) is 0 Å². The van der Waals surface area contributed by atoms with E-state index in [0.29, 0.717) is 19.3 Å². The molecule has 0 spiro atoms. The Morgan fingerprint density at radius 2 is 0.563 bits per heavy atom. The van der Waals surface area contributed by atoms with E-state index in [0.717, 1.165) is 122 Å². The summed E-state index contributed by atoms with van der Waals surface area (Å²) < 4.78 is 16.9. The van der Waals surface area contributed by atoms with Gasteiger partial charge in [0.1, 0.15) is 13.2 Å². The number of unbranched alkanes of at least 4 members (excludes halogenated alkanes) is 29. The second-order valence-electron chi connectivity index (χ2n) is 19.9. The predicted molar refractivity (Wildman–Crippen MR) is 307 cm³/mol. The summed E-state index contributed by atoms with van der Waals surface area (Å²) in [4.78, 5) is 38.2. The monoisotopic (exact) mass is 989 g/mol. The summed E-state index contributed by atoms with van der Waals surface area (Å²) in [5.74, 6) is -0.893. The minimum absolute atomic E-state index is 0.0815. The van der Waals surface area contributed by atoms with Crippen LogP contribution < -0.4 is 0 Å². The van der Waals surface area contributed by atoms with Gasteiger partial charge in [0.05, 0.1) is 0 Å². The van der Waals surface area contributed by atoms with Crippen molar-refractivity contribution in [1.82, 2.24) is 0 Å². The molecule has 0 saturated carbocycles. The third-order valence-electron chi connectivity index (χ3n) is 12.9. The highest BCUT2D eigenvalue weighted by Crippen LogP contribution is 2.16. The Bertz CT molecular complexity index is 1370. The van der Waals surface area contributed by atoms with Gasteiger partial charge in [-0.2, -0.15) is 0 Å². The standard InChI is InChI=1S/C65H112O6/c1-4-7-10-13-16-19-22-25-28-29-30-31-32-33-34-35-36-37-38-41-43-46-49-52-55-58-64(67)70-61-62(71-65(68)59-56-53-50-47-44-40-27-24-21-18-15-12-9-6-3)60-69-63(66)57-54-51-48-45-42-39-26-23-20-17-14-11-8-5-2/h7,10,15-16,18-19,24-25,27-28,30-31,33-34,62H,4-6,8-9,11-14,17,20-23,26,29,32,35-61H2,1-3H3/b10-7-,18-15-,19-16-,27-24-,28-25-,31-30-,34-33-. The quantitative estimate of drug-likeness (QED) is 0.0261. The number of allylic oxidation sites excluding steroid dienone is 14. The van der Waals surface area contributed by atoms with Crippen molar-refractivity contribution in [3.63, 3.8) is 0 Å². The van der Waals surface area contributed by atoms with Crippen LogP contribution in [0.1, 0.15) is 290 Å². The van der Waals surface area contributed by atoms with E-state index in [2.05, 4.69) is 106 Å². The molecule has 0 aromatic heterocycles. The van der Waals surface area contributed by atoms with Crippen LogP contribution in [0.25, 0.3) is 0 Å². The zero-order chi connectivity index (χ0) is 51.4. The average Bonchev–Trinajstić information content (AvgIpc) is 3.37. The molecule has 0 N–H and O–H groups in total. The number of carbonyl (C=O) groups is 3. The first-order chi connectivity index (χ1) is 35.0. The van der Waals surface area contributed by atoms with E-state index in [1.807, 2.05) is 0 Å². The summed E-state index contributed by atoms with van der Waals surface area (Å²) >= 11 is 0. The Kier molecular flexibility index (Phi) is 56.3. The molecule has 408 valence electrons. The fourth-order valence-corrected chi connectivity index (χ4v) is 8.37. The van der Waals surface area contributed by atoms with Gasteiger partial charge in [-0.1, -0.05) is 266 Å². The highest BCUT2D eigenvalue weighted by Gasteiger charge is 2.19. The van der Waals surface area contributed by atoms with Crippen molar-refractivity contribution in [3.8, 4) is 0 Å². The van der Waals surface area contributed by atoms with Gasteiger partial charge in [0.2, 0.25) is 0 Å². The highest BCUT2D eigenvalue weighted by atomic mass is 16.6. The average molecular weight is 990 g/mol. The van der Waals surface area contributed by atoms with Crippen molar-refractivity contribution in [3.05, 3.63) is 85.1 Å². The molecule has 6 nitrogen and oxygen atoms in total. The summed E-state index contributed by atoms with van der Waals surface area (Å²) in [6.07, 6.45) is 77.2. The van der Waals surface area contributed by atoms with E-state index in [-0.39, 0.29) is 31.1 Å². The molecule has 0 rings (SSSR count). The fraction of sp³-hybridized carbons (Fsp3) is 0.738. The number of esters is 3. The Hall–Kier alpha value is -3.41. The van der Waals surface area contributed by atoms with E-state index in [1.54, 1.807) is 0 Å². The van der Waals surface area contributed by atoms with Gasteiger partial charge in [-0.05, 0) is 89.9 Å². The molecule has 1 unspecified atom stereocenters. The Morgan fingerprint density at radius 1 is 0.296 bits per heavy atom. The molecule has 0 radical (unpaired) electrons. The first kappa shape index (κ1) is 67.6. The van der Waals surface area contributed by atoms with Crippen LogP contribution in [0, 0.1) is 0 Å². The summed E-state index contributed by atoms with van der Waals surface area (Å²) in [6, 6.07) is 0.